The molecule has 20 heavy (non-hydrogen) atoms. The lowest BCUT2D eigenvalue weighted by molar-refractivity contribution is 0.0855. The van der Waals surface area contributed by atoms with E-state index in [1.807, 2.05) is 0 Å². The average molecular weight is 276 g/mol. The number of hydrogen-bond donors (Lipinski definition) is 1. The third-order valence-corrected chi connectivity index (χ3v) is 4.81. The summed E-state index contributed by atoms with van der Waals surface area (Å²) in [6.45, 7) is 10.7. The van der Waals surface area contributed by atoms with Crippen molar-refractivity contribution >= 4 is 0 Å². The highest BCUT2D eigenvalue weighted by Gasteiger charge is 2.32. The summed E-state index contributed by atoms with van der Waals surface area (Å²) in [7, 11) is 2.22. The highest BCUT2D eigenvalue weighted by atomic mass is 15.2. The molecule has 2 unspecified atom stereocenters. The fraction of sp³-hybridized carbons (Fsp3) is 0.667. The van der Waals surface area contributed by atoms with E-state index < -0.39 is 0 Å². The molecule has 0 aliphatic rings. The zero-order chi connectivity index (χ0) is 15.2. The number of nitrogens with two attached hydrogens (primary N) is 1. The molecule has 0 saturated carbocycles. The summed E-state index contributed by atoms with van der Waals surface area (Å²) >= 11 is 0. The first kappa shape index (κ1) is 17.2. The molecular weight excluding hydrogens is 244 g/mol. The molecule has 2 atom stereocenters. The van der Waals surface area contributed by atoms with Crippen molar-refractivity contribution in [3.05, 3.63) is 35.4 Å². The zero-order valence-corrected chi connectivity index (χ0v) is 13.9. The van der Waals surface area contributed by atoms with Crippen molar-refractivity contribution in [3.8, 4) is 0 Å². The molecule has 0 aliphatic carbocycles. The lowest BCUT2D eigenvalue weighted by Crippen LogP contribution is -2.52. The van der Waals surface area contributed by atoms with E-state index in [0.717, 1.165) is 25.4 Å². The van der Waals surface area contributed by atoms with Crippen LogP contribution in [0.3, 0.4) is 0 Å². The van der Waals surface area contributed by atoms with Crippen LogP contribution in [0, 0.1) is 12.8 Å². The van der Waals surface area contributed by atoms with Crippen molar-refractivity contribution in [2.75, 3.05) is 13.6 Å². The number of likely N-dealkylation sites (N-methyl/N-ethyl adjacent to an activating group) is 1. The van der Waals surface area contributed by atoms with Crippen LogP contribution < -0.4 is 5.73 Å². The van der Waals surface area contributed by atoms with Gasteiger partial charge in [0.15, 0.2) is 0 Å². The maximum atomic E-state index is 6.16. The topological polar surface area (TPSA) is 29.3 Å². The Hall–Kier alpha value is -0.860. The monoisotopic (exact) mass is 276 g/mol. The van der Waals surface area contributed by atoms with Gasteiger partial charge in [0.1, 0.15) is 0 Å². The maximum absolute atomic E-state index is 6.16. The highest BCUT2D eigenvalue weighted by Crippen LogP contribution is 2.28. The van der Waals surface area contributed by atoms with E-state index in [-0.39, 0.29) is 5.54 Å². The van der Waals surface area contributed by atoms with E-state index in [4.69, 9.17) is 5.73 Å². The minimum atomic E-state index is 0.125. The Morgan fingerprint density at radius 3 is 2.25 bits per heavy atom. The zero-order valence-electron chi connectivity index (χ0n) is 13.9. The molecule has 114 valence electrons. The Labute approximate surface area is 125 Å². The normalized spacial score (nSPS) is 16.1. The summed E-state index contributed by atoms with van der Waals surface area (Å²) in [5, 5.41) is 0. The second kappa shape index (κ2) is 7.80. The van der Waals surface area contributed by atoms with Crippen molar-refractivity contribution in [3.63, 3.8) is 0 Å². The standard InChI is InChI=1S/C18H32N2/c1-6-15(3)12-18(7-2,14-19)20(5)13-17-10-8-16(4)9-11-17/h8-11,15H,6-7,12-14,19H2,1-5H3. The molecule has 0 saturated heterocycles. The number of rotatable bonds is 8. The Balaban J connectivity index is 2.82. The molecule has 2 nitrogen and oxygen atoms in total. The molecule has 0 spiro atoms. The van der Waals surface area contributed by atoms with Crippen LogP contribution in [-0.2, 0) is 6.54 Å². The van der Waals surface area contributed by atoms with E-state index in [1.165, 1.54) is 24.0 Å². The Bertz CT molecular complexity index is 379. The predicted molar refractivity (Wildman–Crippen MR) is 88.8 cm³/mol. The SMILES string of the molecule is CCC(C)CC(CC)(CN)N(C)Cc1ccc(C)cc1. The number of nitrogens with zero attached hydrogens (tertiary/aromatic N) is 1. The van der Waals surface area contributed by atoms with Crippen molar-refractivity contribution < 1.29 is 0 Å². The van der Waals surface area contributed by atoms with E-state index in [0.29, 0.717) is 0 Å². The maximum Gasteiger partial charge on any atom is 0.0332 e. The van der Waals surface area contributed by atoms with Gasteiger partial charge in [-0.25, -0.2) is 0 Å². The second-order valence-electron chi connectivity index (χ2n) is 6.34. The average Bonchev–Trinajstić information content (AvgIpc) is 2.46. The first-order chi connectivity index (χ1) is 9.47. The number of hydrogen-bond acceptors (Lipinski definition) is 2. The van der Waals surface area contributed by atoms with Gasteiger partial charge in [0.25, 0.3) is 0 Å². The summed E-state index contributed by atoms with van der Waals surface area (Å²) < 4.78 is 0. The van der Waals surface area contributed by atoms with Gasteiger partial charge in [-0.05, 0) is 38.3 Å². The van der Waals surface area contributed by atoms with Crippen molar-refractivity contribution in [1.29, 1.82) is 0 Å². The first-order valence-corrected chi connectivity index (χ1v) is 7.94. The first-order valence-electron chi connectivity index (χ1n) is 7.94. The van der Waals surface area contributed by atoms with Crippen LogP contribution in [0.5, 0.6) is 0 Å². The van der Waals surface area contributed by atoms with Gasteiger partial charge in [0.05, 0.1) is 0 Å². The van der Waals surface area contributed by atoms with Gasteiger partial charge in [-0.3, -0.25) is 4.90 Å². The summed E-state index contributed by atoms with van der Waals surface area (Å²) in [4.78, 5) is 2.46. The number of benzene rings is 1. The van der Waals surface area contributed by atoms with Gasteiger partial charge >= 0.3 is 0 Å². The van der Waals surface area contributed by atoms with Crippen LogP contribution in [0.25, 0.3) is 0 Å². The van der Waals surface area contributed by atoms with Crippen LogP contribution in [0.2, 0.25) is 0 Å². The second-order valence-corrected chi connectivity index (χ2v) is 6.34. The summed E-state index contributed by atoms with van der Waals surface area (Å²) in [6, 6.07) is 8.83. The van der Waals surface area contributed by atoms with Crippen molar-refractivity contribution in [1.82, 2.24) is 4.90 Å². The number of aryl methyl sites for hydroxylation is 1. The lowest BCUT2D eigenvalue weighted by Gasteiger charge is -2.42. The van der Waals surface area contributed by atoms with Gasteiger partial charge in [-0.1, -0.05) is 57.0 Å². The quantitative estimate of drug-likeness (QED) is 0.778. The van der Waals surface area contributed by atoms with Gasteiger partial charge in [-0.15, -0.1) is 0 Å². The van der Waals surface area contributed by atoms with Gasteiger partial charge in [0, 0.05) is 18.6 Å². The van der Waals surface area contributed by atoms with Crippen LogP contribution >= 0.6 is 0 Å². The molecule has 0 radical (unpaired) electrons. The molecule has 0 aliphatic heterocycles. The molecule has 0 bridgehead atoms. The summed E-state index contributed by atoms with van der Waals surface area (Å²) in [5.74, 6) is 0.721. The van der Waals surface area contributed by atoms with Crippen molar-refractivity contribution in [2.24, 2.45) is 11.7 Å². The van der Waals surface area contributed by atoms with Crippen LogP contribution in [0.15, 0.2) is 24.3 Å². The molecule has 1 aromatic carbocycles. The minimum Gasteiger partial charge on any atom is -0.329 e. The Morgan fingerprint density at radius 1 is 1.20 bits per heavy atom. The van der Waals surface area contributed by atoms with Crippen molar-refractivity contribution in [2.45, 2.75) is 59.0 Å². The molecular formula is C18H32N2. The van der Waals surface area contributed by atoms with E-state index in [1.54, 1.807) is 0 Å². The Morgan fingerprint density at radius 2 is 1.80 bits per heavy atom. The third-order valence-electron chi connectivity index (χ3n) is 4.81. The lowest BCUT2D eigenvalue weighted by atomic mass is 9.83. The molecule has 1 aromatic rings. The molecule has 2 N–H and O–H groups in total. The molecule has 0 amide bonds. The summed E-state index contributed by atoms with van der Waals surface area (Å²) in [5.41, 5.74) is 8.97. The third kappa shape index (κ3) is 4.32. The molecule has 1 rings (SSSR count). The van der Waals surface area contributed by atoms with Crippen LogP contribution in [0.4, 0.5) is 0 Å². The predicted octanol–water partition coefficient (Wildman–Crippen LogP) is 3.97. The molecule has 0 aromatic heterocycles. The van der Waals surface area contributed by atoms with E-state index in [2.05, 4.69) is 63.9 Å². The molecule has 0 heterocycles. The fourth-order valence-corrected chi connectivity index (χ4v) is 2.88. The van der Waals surface area contributed by atoms with Crippen LogP contribution in [0.1, 0.15) is 51.2 Å². The van der Waals surface area contributed by atoms with Crippen LogP contribution in [-0.4, -0.2) is 24.0 Å². The summed E-state index contributed by atoms with van der Waals surface area (Å²) in [6.07, 6.45) is 3.51. The fourth-order valence-electron chi connectivity index (χ4n) is 2.88. The van der Waals surface area contributed by atoms with E-state index in [9.17, 15) is 0 Å². The smallest absolute Gasteiger partial charge is 0.0332 e. The van der Waals surface area contributed by atoms with Gasteiger partial charge in [0.2, 0.25) is 0 Å². The molecule has 2 heteroatoms. The largest absolute Gasteiger partial charge is 0.329 e. The van der Waals surface area contributed by atoms with E-state index >= 15 is 0 Å². The van der Waals surface area contributed by atoms with Gasteiger partial charge < -0.3 is 5.73 Å². The minimum absolute atomic E-state index is 0.125. The Kier molecular flexibility index (Phi) is 6.70. The molecule has 0 fully saturated rings. The highest BCUT2D eigenvalue weighted by molar-refractivity contribution is 5.21. The van der Waals surface area contributed by atoms with Gasteiger partial charge in [-0.2, -0.15) is 0 Å².